The molecule has 7 heteroatoms. The van der Waals surface area contributed by atoms with Crippen molar-refractivity contribution in [3.05, 3.63) is 16.1 Å². The van der Waals surface area contributed by atoms with E-state index in [0.29, 0.717) is 25.6 Å². The van der Waals surface area contributed by atoms with Gasteiger partial charge in [0.05, 0.1) is 6.54 Å². The Bertz CT molecular complexity index is 555. The van der Waals surface area contributed by atoms with E-state index in [1.807, 2.05) is 11.1 Å². The summed E-state index contributed by atoms with van der Waals surface area (Å²) in [6, 6.07) is 0.287. The van der Waals surface area contributed by atoms with E-state index in [9.17, 15) is 9.59 Å². The van der Waals surface area contributed by atoms with Crippen LogP contribution in [0, 0.1) is 5.92 Å². The van der Waals surface area contributed by atoms with Crippen LogP contribution in [0.4, 0.5) is 4.79 Å². The summed E-state index contributed by atoms with van der Waals surface area (Å²) < 4.78 is 0. The van der Waals surface area contributed by atoms with Gasteiger partial charge in [-0.2, -0.15) is 0 Å². The molecule has 2 N–H and O–H groups in total. The zero-order valence-electron chi connectivity index (χ0n) is 12.8. The van der Waals surface area contributed by atoms with Crippen molar-refractivity contribution in [2.24, 2.45) is 5.92 Å². The van der Waals surface area contributed by atoms with E-state index >= 15 is 0 Å². The zero-order valence-corrected chi connectivity index (χ0v) is 13.6. The predicted octanol–water partition coefficient (Wildman–Crippen LogP) is 1.52. The lowest BCUT2D eigenvalue weighted by atomic mass is 10.1. The highest BCUT2D eigenvalue weighted by molar-refractivity contribution is 7.11. The Morgan fingerprint density at radius 1 is 1.45 bits per heavy atom. The first-order chi connectivity index (χ1) is 10.7. The molecular weight excluding hydrogens is 300 g/mol. The summed E-state index contributed by atoms with van der Waals surface area (Å²) >= 11 is 1.62. The Morgan fingerprint density at radius 2 is 2.27 bits per heavy atom. The molecule has 3 amide bonds. The lowest BCUT2D eigenvalue weighted by molar-refractivity contribution is -0.128. The van der Waals surface area contributed by atoms with Crippen LogP contribution in [0.15, 0.2) is 6.20 Å². The van der Waals surface area contributed by atoms with E-state index in [-0.39, 0.29) is 17.9 Å². The van der Waals surface area contributed by atoms with Gasteiger partial charge < -0.3 is 15.5 Å². The zero-order chi connectivity index (χ0) is 15.5. The number of carbonyl (C=O) groups is 2. The lowest BCUT2D eigenvalue weighted by Crippen LogP contribution is -2.38. The summed E-state index contributed by atoms with van der Waals surface area (Å²) in [6.07, 6.45) is 5.66. The standard InChI is InChI=1S/C15H22N4O2S/c1-2-12-7-16-13(22-12)8-18-15(21)17-6-10-5-14(20)19(9-10)11-3-4-11/h7,10-11H,2-6,8-9H2,1H3,(H2,17,18,21)/t10-/m1/s1. The van der Waals surface area contributed by atoms with Crippen molar-refractivity contribution >= 4 is 23.3 Å². The Labute approximate surface area is 134 Å². The van der Waals surface area contributed by atoms with E-state index in [1.165, 1.54) is 4.88 Å². The molecule has 1 aromatic rings. The molecule has 6 nitrogen and oxygen atoms in total. The third-order valence-corrected chi connectivity index (χ3v) is 5.27. The third kappa shape index (κ3) is 3.76. The van der Waals surface area contributed by atoms with Crippen molar-refractivity contribution in [3.8, 4) is 0 Å². The fourth-order valence-electron chi connectivity index (χ4n) is 2.73. The molecule has 0 bridgehead atoms. The Balaban J connectivity index is 1.36. The number of amides is 3. The van der Waals surface area contributed by atoms with Gasteiger partial charge in [0.2, 0.25) is 5.91 Å². The number of thiazole rings is 1. The summed E-state index contributed by atoms with van der Waals surface area (Å²) in [7, 11) is 0. The summed E-state index contributed by atoms with van der Waals surface area (Å²) in [5.74, 6) is 0.481. The molecule has 2 fully saturated rings. The second-order valence-electron chi connectivity index (χ2n) is 5.98. The molecule has 120 valence electrons. The minimum atomic E-state index is -0.189. The second kappa shape index (κ2) is 6.64. The molecule has 22 heavy (non-hydrogen) atoms. The highest BCUT2D eigenvalue weighted by Crippen LogP contribution is 2.32. The van der Waals surface area contributed by atoms with Gasteiger partial charge in [0.25, 0.3) is 0 Å². The van der Waals surface area contributed by atoms with Crippen molar-refractivity contribution in [2.45, 2.75) is 45.2 Å². The molecule has 2 heterocycles. The van der Waals surface area contributed by atoms with Crippen LogP contribution in [0.25, 0.3) is 0 Å². The van der Waals surface area contributed by atoms with Crippen LogP contribution in [-0.4, -0.2) is 41.0 Å². The number of aromatic nitrogens is 1. The van der Waals surface area contributed by atoms with Crippen molar-refractivity contribution in [1.82, 2.24) is 20.5 Å². The molecule has 0 spiro atoms. The van der Waals surface area contributed by atoms with E-state index in [0.717, 1.165) is 30.8 Å². The number of nitrogens with one attached hydrogen (secondary N) is 2. The molecule has 1 saturated carbocycles. The highest BCUT2D eigenvalue weighted by atomic mass is 32.1. The number of hydrogen-bond acceptors (Lipinski definition) is 4. The van der Waals surface area contributed by atoms with Crippen molar-refractivity contribution < 1.29 is 9.59 Å². The Hall–Kier alpha value is -1.63. The van der Waals surface area contributed by atoms with Gasteiger partial charge in [0.15, 0.2) is 0 Å². The predicted molar refractivity (Wildman–Crippen MR) is 84.6 cm³/mol. The van der Waals surface area contributed by atoms with Crippen molar-refractivity contribution in [3.63, 3.8) is 0 Å². The molecule has 1 aliphatic heterocycles. The van der Waals surface area contributed by atoms with Gasteiger partial charge in [-0.3, -0.25) is 4.79 Å². The quantitative estimate of drug-likeness (QED) is 0.834. The summed E-state index contributed by atoms with van der Waals surface area (Å²) in [4.78, 5) is 31.1. The van der Waals surface area contributed by atoms with Gasteiger partial charge >= 0.3 is 6.03 Å². The van der Waals surface area contributed by atoms with Gasteiger partial charge in [0, 0.05) is 42.5 Å². The third-order valence-electron chi connectivity index (χ3n) is 4.13. The molecule has 1 aromatic heterocycles. The number of carbonyl (C=O) groups excluding carboxylic acids is 2. The van der Waals surface area contributed by atoms with Crippen LogP contribution in [0.1, 0.15) is 36.1 Å². The number of rotatable bonds is 6. The average Bonchev–Trinajstić information content (AvgIpc) is 3.13. The minimum Gasteiger partial charge on any atom is -0.339 e. The van der Waals surface area contributed by atoms with Gasteiger partial charge in [-0.15, -0.1) is 11.3 Å². The Morgan fingerprint density at radius 3 is 2.95 bits per heavy atom. The first-order valence-electron chi connectivity index (χ1n) is 7.90. The highest BCUT2D eigenvalue weighted by Gasteiger charge is 2.39. The fraction of sp³-hybridized carbons (Fsp3) is 0.667. The van der Waals surface area contributed by atoms with Crippen LogP contribution in [-0.2, 0) is 17.8 Å². The van der Waals surface area contributed by atoms with E-state index < -0.39 is 0 Å². The van der Waals surface area contributed by atoms with Gasteiger partial charge in [-0.1, -0.05) is 6.92 Å². The SMILES string of the molecule is CCc1cnc(CNC(=O)NC[C@H]2CC(=O)N(C3CC3)C2)s1. The van der Waals surface area contributed by atoms with Crippen molar-refractivity contribution in [1.29, 1.82) is 0 Å². The topological polar surface area (TPSA) is 74.3 Å². The van der Waals surface area contributed by atoms with Crippen LogP contribution >= 0.6 is 11.3 Å². The van der Waals surface area contributed by atoms with Crippen LogP contribution in [0.2, 0.25) is 0 Å². The smallest absolute Gasteiger partial charge is 0.315 e. The van der Waals surface area contributed by atoms with Crippen molar-refractivity contribution in [2.75, 3.05) is 13.1 Å². The number of aryl methyl sites for hydroxylation is 1. The molecule has 0 radical (unpaired) electrons. The number of hydrogen-bond donors (Lipinski definition) is 2. The maximum atomic E-state index is 11.8. The molecule has 0 aromatic carbocycles. The molecule has 3 rings (SSSR count). The van der Waals surface area contributed by atoms with E-state index in [2.05, 4.69) is 22.5 Å². The van der Waals surface area contributed by atoms with Crippen LogP contribution in [0.5, 0.6) is 0 Å². The Kier molecular flexibility index (Phi) is 4.61. The number of urea groups is 1. The first-order valence-corrected chi connectivity index (χ1v) is 8.72. The molecule has 1 saturated heterocycles. The second-order valence-corrected chi connectivity index (χ2v) is 7.18. The molecule has 0 unspecified atom stereocenters. The normalized spacial score (nSPS) is 21.2. The number of likely N-dealkylation sites (tertiary alicyclic amines) is 1. The summed E-state index contributed by atoms with van der Waals surface area (Å²) in [6.45, 7) is 3.88. The average molecular weight is 322 g/mol. The molecule has 1 aliphatic carbocycles. The maximum absolute atomic E-state index is 11.8. The number of nitrogens with zero attached hydrogens (tertiary/aromatic N) is 2. The van der Waals surface area contributed by atoms with Crippen LogP contribution in [0.3, 0.4) is 0 Å². The van der Waals surface area contributed by atoms with Crippen LogP contribution < -0.4 is 10.6 Å². The first kappa shape index (κ1) is 15.3. The molecule has 1 atom stereocenters. The summed E-state index contributed by atoms with van der Waals surface area (Å²) in [5.41, 5.74) is 0. The van der Waals surface area contributed by atoms with Gasteiger partial charge in [-0.05, 0) is 19.3 Å². The van der Waals surface area contributed by atoms with Gasteiger partial charge in [-0.25, -0.2) is 9.78 Å². The van der Waals surface area contributed by atoms with E-state index in [4.69, 9.17) is 0 Å². The maximum Gasteiger partial charge on any atom is 0.315 e. The molecular formula is C15H22N4O2S. The fourth-order valence-corrected chi connectivity index (χ4v) is 3.54. The molecule has 2 aliphatic rings. The minimum absolute atomic E-state index is 0.189. The monoisotopic (exact) mass is 322 g/mol. The lowest BCUT2D eigenvalue weighted by Gasteiger charge is -2.15. The van der Waals surface area contributed by atoms with E-state index in [1.54, 1.807) is 11.3 Å². The largest absolute Gasteiger partial charge is 0.339 e. The van der Waals surface area contributed by atoms with Gasteiger partial charge in [0.1, 0.15) is 5.01 Å². The summed E-state index contributed by atoms with van der Waals surface area (Å²) in [5, 5.41) is 6.60.